The average Bonchev–Trinajstić information content (AvgIpc) is 3.26. The molecule has 0 radical (unpaired) electrons. The first-order chi connectivity index (χ1) is 14.0. The van der Waals surface area contributed by atoms with Gasteiger partial charge in [-0.05, 0) is 66.1 Å². The van der Waals surface area contributed by atoms with Crippen molar-refractivity contribution in [2.24, 2.45) is 5.92 Å². The van der Waals surface area contributed by atoms with Crippen molar-refractivity contribution in [3.05, 3.63) is 67.5 Å². The minimum Gasteiger partial charge on any atom is -0.345 e. The molecular formula is C23H30BrN3O2. The summed E-state index contributed by atoms with van der Waals surface area (Å²) in [6, 6.07) is 10.2. The molecule has 2 N–H and O–H groups in total. The summed E-state index contributed by atoms with van der Waals surface area (Å²) in [6.45, 7) is 6.35. The highest BCUT2D eigenvalue weighted by molar-refractivity contribution is 9.10. The Kier molecular flexibility index (Phi) is 7.17. The molecule has 3 rings (SSSR count). The standard InChI is InChI=1S/C23H30BrN3O2/c1-4-14-25-27-16(3)19(15(2)20(24)23(27)29)22(28)26-21(18-12-8-9-13-18)17-10-6-5-7-11-17/h5-7,10-11,18,21,25H,4,8-9,12-14H2,1-3H3,(H,26,28). The molecule has 1 aromatic heterocycles. The number of benzene rings is 1. The van der Waals surface area contributed by atoms with Crippen molar-refractivity contribution in [1.29, 1.82) is 0 Å². The van der Waals surface area contributed by atoms with E-state index < -0.39 is 0 Å². The fourth-order valence-corrected chi connectivity index (χ4v) is 4.67. The van der Waals surface area contributed by atoms with E-state index in [1.54, 1.807) is 0 Å². The van der Waals surface area contributed by atoms with Gasteiger partial charge in [0.15, 0.2) is 0 Å². The number of pyridine rings is 1. The predicted octanol–water partition coefficient (Wildman–Crippen LogP) is 4.84. The Bertz CT molecular complexity index is 918. The lowest BCUT2D eigenvalue weighted by atomic mass is 9.91. The molecule has 1 heterocycles. The Morgan fingerprint density at radius 3 is 2.48 bits per heavy atom. The molecule has 0 saturated heterocycles. The molecule has 1 aliphatic carbocycles. The van der Waals surface area contributed by atoms with E-state index in [0.29, 0.717) is 33.8 Å². The normalized spacial score (nSPS) is 15.3. The van der Waals surface area contributed by atoms with Gasteiger partial charge in [0, 0.05) is 6.54 Å². The van der Waals surface area contributed by atoms with Gasteiger partial charge in [-0.15, -0.1) is 0 Å². The van der Waals surface area contributed by atoms with Crippen molar-refractivity contribution in [2.75, 3.05) is 12.0 Å². The van der Waals surface area contributed by atoms with E-state index in [-0.39, 0.29) is 17.5 Å². The molecule has 1 amide bonds. The van der Waals surface area contributed by atoms with E-state index in [4.69, 9.17) is 0 Å². The summed E-state index contributed by atoms with van der Waals surface area (Å²) in [5, 5.41) is 3.30. The Balaban J connectivity index is 1.98. The Morgan fingerprint density at radius 1 is 1.21 bits per heavy atom. The van der Waals surface area contributed by atoms with Gasteiger partial charge < -0.3 is 10.7 Å². The summed E-state index contributed by atoms with van der Waals surface area (Å²) >= 11 is 3.40. The zero-order valence-electron chi connectivity index (χ0n) is 17.4. The molecule has 2 aromatic rings. The molecular weight excluding hydrogens is 430 g/mol. The van der Waals surface area contributed by atoms with Crippen LogP contribution in [-0.2, 0) is 0 Å². The van der Waals surface area contributed by atoms with E-state index in [0.717, 1.165) is 24.8 Å². The molecule has 5 nitrogen and oxygen atoms in total. The quantitative estimate of drug-likeness (QED) is 0.622. The Morgan fingerprint density at radius 2 is 1.86 bits per heavy atom. The maximum Gasteiger partial charge on any atom is 0.283 e. The number of carbonyl (C=O) groups is 1. The van der Waals surface area contributed by atoms with Crippen LogP contribution in [0.5, 0.6) is 0 Å². The fourth-order valence-electron chi connectivity index (χ4n) is 4.29. The summed E-state index contributed by atoms with van der Waals surface area (Å²) in [6.07, 6.45) is 5.55. The van der Waals surface area contributed by atoms with Crippen molar-refractivity contribution in [3.63, 3.8) is 0 Å². The first-order valence-electron chi connectivity index (χ1n) is 10.5. The van der Waals surface area contributed by atoms with Crippen LogP contribution in [0.2, 0.25) is 0 Å². The van der Waals surface area contributed by atoms with E-state index in [1.165, 1.54) is 17.5 Å². The van der Waals surface area contributed by atoms with Crippen LogP contribution in [0.1, 0.15) is 72.2 Å². The van der Waals surface area contributed by atoms with Crippen molar-refractivity contribution in [3.8, 4) is 0 Å². The molecule has 1 unspecified atom stereocenters. The van der Waals surface area contributed by atoms with E-state index in [1.807, 2.05) is 39.0 Å². The van der Waals surface area contributed by atoms with Gasteiger partial charge in [-0.25, -0.2) is 4.68 Å². The van der Waals surface area contributed by atoms with Crippen LogP contribution in [0.3, 0.4) is 0 Å². The third kappa shape index (κ3) is 4.58. The van der Waals surface area contributed by atoms with Crippen molar-refractivity contribution in [1.82, 2.24) is 9.99 Å². The van der Waals surface area contributed by atoms with Gasteiger partial charge in [0.2, 0.25) is 0 Å². The summed E-state index contributed by atoms with van der Waals surface area (Å²) < 4.78 is 1.91. The lowest BCUT2D eigenvalue weighted by Crippen LogP contribution is -2.38. The Labute approximate surface area is 181 Å². The zero-order chi connectivity index (χ0) is 21.0. The second-order valence-corrected chi connectivity index (χ2v) is 8.65. The van der Waals surface area contributed by atoms with Gasteiger partial charge in [-0.3, -0.25) is 9.59 Å². The molecule has 0 bridgehead atoms. The van der Waals surface area contributed by atoms with Gasteiger partial charge in [-0.2, -0.15) is 0 Å². The van der Waals surface area contributed by atoms with Crippen LogP contribution >= 0.6 is 15.9 Å². The molecule has 1 fully saturated rings. The van der Waals surface area contributed by atoms with Gasteiger partial charge in [0.1, 0.15) is 0 Å². The number of rotatable bonds is 7. The number of amides is 1. The molecule has 156 valence electrons. The summed E-state index contributed by atoms with van der Waals surface area (Å²) in [5.74, 6) is 0.308. The monoisotopic (exact) mass is 459 g/mol. The average molecular weight is 460 g/mol. The maximum absolute atomic E-state index is 13.4. The number of hydrogen-bond acceptors (Lipinski definition) is 3. The van der Waals surface area contributed by atoms with Crippen molar-refractivity contribution < 1.29 is 4.79 Å². The molecule has 1 atom stereocenters. The highest BCUT2D eigenvalue weighted by Gasteiger charge is 2.29. The largest absolute Gasteiger partial charge is 0.345 e. The number of nitrogens with one attached hydrogen (secondary N) is 2. The minimum absolute atomic E-state index is 0.0206. The van der Waals surface area contributed by atoms with E-state index in [2.05, 4.69) is 38.8 Å². The van der Waals surface area contributed by atoms with Gasteiger partial charge >= 0.3 is 0 Å². The third-order valence-corrected chi connectivity index (χ3v) is 6.79. The van der Waals surface area contributed by atoms with Crippen molar-refractivity contribution >= 4 is 21.8 Å². The smallest absolute Gasteiger partial charge is 0.283 e. The number of aromatic nitrogens is 1. The summed E-state index contributed by atoms with van der Waals surface area (Å²) in [4.78, 5) is 26.1. The molecule has 1 saturated carbocycles. The van der Waals surface area contributed by atoms with Crippen LogP contribution in [-0.4, -0.2) is 17.1 Å². The first-order valence-corrected chi connectivity index (χ1v) is 11.3. The highest BCUT2D eigenvalue weighted by Crippen LogP contribution is 2.36. The van der Waals surface area contributed by atoms with Crippen LogP contribution in [0.25, 0.3) is 0 Å². The SMILES string of the molecule is CCCNn1c(C)c(C(=O)NC(c2ccccc2)C2CCCC2)c(C)c(Br)c1=O. The number of hydrogen-bond donors (Lipinski definition) is 2. The Hall–Kier alpha value is -2.08. The summed E-state index contributed by atoms with van der Waals surface area (Å²) in [5.41, 5.74) is 5.97. The number of carbonyl (C=O) groups excluding carboxylic acids is 1. The predicted molar refractivity (Wildman–Crippen MR) is 121 cm³/mol. The van der Waals surface area contributed by atoms with Crippen molar-refractivity contribution in [2.45, 2.75) is 58.9 Å². The second kappa shape index (κ2) is 9.61. The highest BCUT2D eigenvalue weighted by atomic mass is 79.9. The van der Waals surface area contributed by atoms with Crippen LogP contribution in [0.15, 0.2) is 39.6 Å². The second-order valence-electron chi connectivity index (χ2n) is 7.85. The lowest BCUT2D eigenvalue weighted by Gasteiger charge is -2.27. The number of halogens is 1. The fraction of sp³-hybridized carbons (Fsp3) is 0.478. The van der Waals surface area contributed by atoms with E-state index in [9.17, 15) is 9.59 Å². The molecule has 6 heteroatoms. The lowest BCUT2D eigenvalue weighted by molar-refractivity contribution is 0.0919. The third-order valence-electron chi connectivity index (χ3n) is 5.86. The van der Waals surface area contributed by atoms with Crippen LogP contribution in [0, 0.1) is 19.8 Å². The maximum atomic E-state index is 13.4. The van der Waals surface area contributed by atoms with Gasteiger partial charge in [-0.1, -0.05) is 50.1 Å². The zero-order valence-corrected chi connectivity index (χ0v) is 19.0. The van der Waals surface area contributed by atoms with Gasteiger partial charge in [0.25, 0.3) is 11.5 Å². The van der Waals surface area contributed by atoms with Crippen LogP contribution in [0.4, 0.5) is 0 Å². The first kappa shape index (κ1) is 21.6. The molecule has 1 aromatic carbocycles. The molecule has 29 heavy (non-hydrogen) atoms. The van der Waals surface area contributed by atoms with Crippen LogP contribution < -0.4 is 16.3 Å². The molecule has 0 spiro atoms. The van der Waals surface area contributed by atoms with E-state index >= 15 is 0 Å². The molecule has 0 aliphatic heterocycles. The van der Waals surface area contributed by atoms with Gasteiger partial charge in [0.05, 0.1) is 21.8 Å². The minimum atomic E-state index is -0.166. The summed E-state index contributed by atoms with van der Waals surface area (Å²) in [7, 11) is 0. The number of nitrogens with zero attached hydrogens (tertiary/aromatic N) is 1. The topological polar surface area (TPSA) is 63.1 Å². The molecule has 1 aliphatic rings.